The van der Waals surface area contributed by atoms with Gasteiger partial charge in [0.2, 0.25) is 17.7 Å². The fraction of sp³-hybridized carbons (Fsp3) is 0.522. The highest BCUT2D eigenvalue weighted by molar-refractivity contribution is 5.97. The molecular formula is C23H33N3O7. The topological polar surface area (TPSA) is 151 Å². The minimum atomic E-state index is -1.31. The Hall–Kier alpha value is -3.27. The molecule has 0 aliphatic carbocycles. The van der Waals surface area contributed by atoms with Crippen LogP contribution in [0.15, 0.2) is 18.2 Å². The number of hydrogen-bond donors (Lipinski definition) is 4. The molecule has 0 aliphatic heterocycles. The highest BCUT2D eigenvalue weighted by atomic mass is 16.5. The first-order valence-electron chi connectivity index (χ1n) is 10.7. The van der Waals surface area contributed by atoms with E-state index in [0.717, 1.165) is 11.1 Å². The summed E-state index contributed by atoms with van der Waals surface area (Å²) in [5.74, 6) is -2.99. The first-order chi connectivity index (χ1) is 15.5. The van der Waals surface area contributed by atoms with Gasteiger partial charge < -0.3 is 25.8 Å². The van der Waals surface area contributed by atoms with E-state index in [9.17, 15) is 29.1 Å². The second-order valence-corrected chi connectivity index (χ2v) is 8.21. The number of esters is 1. The molecule has 0 saturated carbocycles. The Bertz CT molecular complexity index is 863. The molecule has 0 radical (unpaired) electrons. The molecule has 0 saturated heterocycles. The number of nitrogens with one attached hydrogen (secondary N) is 3. The lowest BCUT2D eigenvalue weighted by Gasteiger charge is -2.23. The molecule has 0 spiro atoms. The average Bonchev–Trinajstić information content (AvgIpc) is 2.73. The molecule has 1 aromatic rings. The van der Waals surface area contributed by atoms with Gasteiger partial charge in [-0.1, -0.05) is 32.0 Å². The first kappa shape index (κ1) is 27.8. The predicted octanol–water partition coefficient (Wildman–Crippen LogP) is 0.173. The van der Waals surface area contributed by atoms with E-state index in [1.807, 2.05) is 19.9 Å². The fourth-order valence-electron chi connectivity index (χ4n) is 3.10. The smallest absolute Gasteiger partial charge is 0.339 e. The lowest BCUT2D eigenvalue weighted by molar-refractivity contribution is -0.133. The average molecular weight is 464 g/mol. The fourth-order valence-corrected chi connectivity index (χ4v) is 3.10. The first-order valence-corrected chi connectivity index (χ1v) is 10.7. The molecule has 10 nitrogen and oxygen atoms in total. The van der Waals surface area contributed by atoms with Crippen molar-refractivity contribution in [2.75, 3.05) is 19.8 Å². The molecule has 0 heterocycles. The second-order valence-electron chi connectivity index (χ2n) is 8.21. The quantitative estimate of drug-likeness (QED) is 0.323. The Morgan fingerprint density at radius 2 is 1.61 bits per heavy atom. The summed E-state index contributed by atoms with van der Waals surface area (Å²) >= 11 is 0. The van der Waals surface area contributed by atoms with Crippen LogP contribution >= 0.6 is 0 Å². The summed E-state index contributed by atoms with van der Waals surface area (Å²) in [6, 6.07) is 3.05. The molecule has 0 aliphatic rings. The van der Waals surface area contributed by atoms with Gasteiger partial charge in [0, 0.05) is 6.92 Å². The monoisotopic (exact) mass is 463 g/mol. The van der Waals surface area contributed by atoms with Crippen molar-refractivity contribution >= 4 is 29.5 Å². The second kappa shape index (κ2) is 13.3. The molecule has 1 rings (SSSR count). The van der Waals surface area contributed by atoms with Gasteiger partial charge >= 0.3 is 5.97 Å². The van der Waals surface area contributed by atoms with Crippen LogP contribution in [0.4, 0.5) is 0 Å². The van der Waals surface area contributed by atoms with Crippen molar-refractivity contribution in [3.63, 3.8) is 0 Å². The van der Waals surface area contributed by atoms with Crippen molar-refractivity contribution in [2.45, 2.75) is 53.1 Å². The van der Waals surface area contributed by atoms with Crippen LogP contribution in [-0.2, 0) is 23.9 Å². The van der Waals surface area contributed by atoms with Gasteiger partial charge in [0.25, 0.3) is 0 Å². The maximum atomic E-state index is 12.7. The summed E-state index contributed by atoms with van der Waals surface area (Å²) in [7, 11) is 0. The van der Waals surface area contributed by atoms with Crippen LogP contribution < -0.4 is 16.0 Å². The highest BCUT2D eigenvalue weighted by Crippen LogP contribution is 2.15. The number of aryl methyl sites for hydroxylation is 2. The van der Waals surface area contributed by atoms with Crippen LogP contribution in [0.1, 0.15) is 48.7 Å². The molecule has 0 aromatic heterocycles. The number of aliphatic hydroxyl groups is 1. The minimum Gasteiger partial charge on any atom is -0.454 e. The van der Waals surface area contributed by atoms with Gasteiger partial charge in [0.15, 0.2) is 12.4 Å². The van der Waals surface area contributed by atoms with E-state index in [0.29, 0.717) is 5.56 Å². The van der Waals surface area contributed by atoms with Gasteiger partial charge in [-0.2, -0.15) is 0 Å². The summed E-state index contributed by atoms with van der Waals surface area (Å²) < 4.78 is 5.20. The zero-order valence-electron chi connectivity index (χ0n) is 19.7. The maximum absolute atomic E-state index is 12.7. The molecule has 2 atom stereocenters. The molecule has 0 bridgehead atoms. The van der Waals surface area contributed by atoms with E-state index in [1.165, 1.54) is 6.92 Å². The lowest BCUT2D eigenvalue weighted by atomic mass is 10.00. The molecule has 0 unspecified atom stereocenters. The number of carbonyl (C=O) groups excluding carboxylic acids is 5. The zero-order valence-corrected chi connectivity index (χ0v) is 19.7. The standard InChI is InChI=1S/C23H33N3O7/c1-13(2)9-17(26-22(31)18(11-27)25-20(30)10-24-16(5)28)19(29)12-33-23(32)21-14(3)7-6-8-15(21)4/h6-8,13,17-18,27H,9-12H2,1-5H3,(H,24,28)(H,25,30)(H,26,31)/t17-,18-/m0/s1. The largest absolute Gasteiger partial charge is 0.454 e. The van der Waals surface area contributed by atoms with Gasteiger partial charge in [-0.05, 0) is 37.3 Å². The van der Waals surface area contributed by atoms with Crippen molar-refractivity contribution in [3.05, 3.63) is 34.9 Å². The van der Waals surface area contributed by atoms with E-state index in [4.69, 9.17) is 4.74 Å². The van der Waals surface area contributed by atoms with E-state index >= 15 is 0 Å². The molecule has 33 heavy (non-hydrogen) atoms. The maximum Gasteiger partial charge on any atom is 0.339 e. The van der Waals surface area contributed by atoms with Crippen LogP contribution in [0, 0.1) is 19.8 Å². The normalized spacial score (nSPS) is 12.5. The number of aliphatic hydroxyl groups excluding tert-OH is 1. The summed E-state index contributed by atoms with van der Waals surface area (Å²) in [6.07, 6.45) is 0.267. The Kier molecular flexibility index (Phi) is 11.2. The number of benzene rings is 1. The lowest BCUT2D eigenvalue weighted by Crippen LogP contribution is -2.55. The Balaban J connectivity index is 2.79. The Morgan fingerprint density at radius 3 is 2.12 bits per heavy atom. The van der Waals surface area contributed by atoms with Crippen LogP contribution in [0.25, 0.3) is 0 Å². The van der Waals surface area contributed by atoms with Gasteiger partial charge in [-0.25, -0.2) is 4.79 Å². The van der Waals surface area contributed by atoms with E-state index in [1.54, 1.807) is 26.0 Å². The van der Waals surface area contributed by atoms with Gasteiger partial charge in [-0.15, -0.1) is 0 Å². The van der Waals surface area contributed by atoms with Crippen LogP contribution in [0.2, 0.25) is 0 Å². The molecule has 4 N–H and O–H groups in total. The van der Waals surface area contributed by atoms with E-state index in [2.05, 4.69) is 16.0 Å². The van der Waals surface area contributed by atoms with Crippen molar-refractivity contribution < 1.29 is 33.8 Å². The van der Waals surface area contributed by atoms with E-state index < -0.39 is 54.8 Å². The number of ketones is 1. The molecule has 10 heteroatoms. The molecule has 3 amide bonds. The minimum absolute atomic E-state index is 0.0236. The third-order valence-corrected chi connectivity index (χ3v) is 4.78. The SMILES string of the molecule is CC(=O)NCC(=O)N[C@@H](CO)C(=O)N[C@@H](CC(C)C)C(=O)COC(=O)c1c(C)cccc1C. The summed E-state index contributed by atoms with van der Waals surface area (Å²) in [4.78, 5) is 60.5. The number of carbonyl (C=O) groups is 5. The Morgan fingerprint density at radius 1 is 1.00 bits per heavy atom. The third-order valence-electron chi connectivity index (χ3n) is 4.78. The number of rotatable bonds is 12. The number of hydrogen-bond acceptors (Lipinski definition) is 7. The number of ether oxygens (including phenoxy) is 1. The highest BCUT2D eigenvalue weighted by Gasteiger charge is 2.28. The number of amides is 3. The van der Waals surface area contributed by atoms with Gasteiger partial charge in [0.05, 0.1) is 24.8 Å². The van der Waals surface area contributed by atoms with Crippen molar-refractivity contribution in [1.29, 1.82) is 0 Å². The molecule has 1 aromatic carbocycles. The molecular weight excluding hydrogens is 430 g/mol. The third kappa shape index (κ3) is 9.40. The van der Waals surface area contributed by atoms with Gasteiger partial charge in [-0.3, -0.25) is 19.2 Å². The summed E-state index contributed by atoms with van der Waals surface area (Å²) in [6.45, 7) is 6.87. The summed E-state index contributed by atoms with van der Waals surface area (Å²) in [5.41, 5.74) is 1.83. The van der Waals surface area contributed by atoms with Crippen molar-refractivity contribution in [3.8, 4) is 0 Å². The Labute approximate surface area is 193 Å². The zero-order chi connectivity index (χ0) is 25.1. The summed E-state index contributed by atoms with van der Waals surface area (Å²) in [5, 5.41) is 16.6. The number of Topliss-reactive ketones (excluding diaryl/α,β-unsaturated/α-hetero) is 1. The molecule has 0 fully saturated rings. The van der Waals surface area contributed by atoms with Gasteiger partial charge in [0.1, 0.15) is 6.04 Å². The molecule has 182 valence electrons. The van der Waals surface area contributed by atoms with Crippen LogP contribution in [0.3, 0.4) is 0 Å². The van der Waals surface area contributed by atoms with Crippen LogP contribution in [-0.4, -0.2) is 66.4 Å². The van der Waals surface area contributed by atoms with Crippen molar-refractivity contribution in [2.24, 2.45) is 5.92 Å². The van der Waals surface area contributed by atoms with Crippen LogP contribution in [0.5, 0.6) is 0 Å². The van der Waals surface area contributed by atoms with E-state index in [-0.39, 0.29) is 18.9 Å². The van der Waals surface area contributed by atoms with Crippen molar-refractivity contribution in [1.82, 2.24) is 16.0 Å². The predicted molar refractivity (Wildman–Crippen MR) is 120 cm³/mol.